The molecule has 6 heteroatoms. The Bertz CT molecular complexity index is 1060. The van der Waals surface area contributed by atoms with Gasteiger partial charge in [-0.1, -0.05) is 35.9 Å². The summed E-state index contributed by atoms with van der Waals surface area (Å²) >= 11 is 5.94. The summed E-state index contributed by atoms with van der Waals surface area (Å²) in [6.45, 7) is 2.53. The van der Waals surface area contributed by atoms with Crippen LogP contribution in [0.2, 0.25) is 5.02 Å². The summed E-state index contributed by atoms with van der Waals surface area (Å²) in [5.74, 6) is 0.196. The minimum atomic E-state index is -0.295. The van der Waals surface area contributed by atoms with E-state index in [2.05, 4.69) is 10.6 Å². The average Bonchev–Trinajstić information content (AvgIpc) is 2.74. The van der Waals surface area contributed by atoms with Crippen LogP contribution in [0.15, 0.2) is 78.9 Å². The molecule has 0 aliphatic heterocycles. The standard InChI is InChI=1S/C24H21ClN2O3/c1-2-30-22-12-9-17(10-13-22)11-14-23(28)26-20-7-3-5-18(15-20)24(29)27-21-8-4-6-19(25)16-21/h3-16H,2H2,1H3,(H,26,28)(H,27,29)/b14-11+. The van der Waals surface area contributed by atoms with Gasteiger partial charge in [0.1, 0.15) is 5.75 Å². The maximum Gasteiger partial charge on any atom is 0.255 e. The topological polar surface area (TPSA) is 67.4 Å². The zero-order valence-corrected chi connectivity index (χ0v) is 17.1. The molecular weight excluding hydrogens is 400 g/mol. The van der Waals surface area contributed by atoms with E-state index < -0.39 is 0 Å². The van der Waals surface area contributed by atoms with Crippen molar-refractivity contribution < 1.29 is 14.3 Å². The number of benzene rings is 3. The number of halogens is 1. The predicted molar refractivity (Wildman–Crippen MR) is 121 cm³/mol. The number of nitrogens with one attached hydrogen (secondary N) is 2. The Balaban J connectivity index is 1.61. The van der Waals surface area contributed by atoms with E-state index in [0.29, 0.717) is 28.6 Å². The smallest absolute Gasteiger partial charge is 0.255 e. The fraction of sp³-hybridized carbons (Fsp3) is 0.0833. The molecule has 5 nitrogen and oxygen atoms in total. The van der Waals surface area contributed by atoms with Gasteiger partial charge in [0.25, 0.3) is 5.91 Å². The summed E-state index contributed by atoms with van der Waals surface area (Å²) in [4.78, 5) is 24.7. The Labute approximate surface area is 180 Å². The molecule has 0 saturated carbocycles. The molecular formula is C24H21ClN2O3. The number of anilines is 2. The number of rotatable bonds is 7. The van der Waals surface area contributed by atoms with Crippen LogP contribution in [0.3, 0.4) is 0 Å². The van der Waals surface area contributed by atoms with Gasteiger partial charge in [-0.2, -0.15) is 0 Å². The van der Waals surface area contributed by atoms with Gasteiger partial charge >= 0.3 is 0 Å². The van der Waals surface area contributed by atoms with Crippen molar-refractivity contribution in [3.63, 3.8) is 0 Å². The predicted octanol–water partition coefficient (Wildman–Crippen LogP) is 5.64. The van der Waals surface area contributed by atoms with Crippen LogP contribution < -0.4 is 15.4 Å². The lowest BCUT2D eigenvalue weighted by molar-refractivity contribution is -0.111. The lowest BCUT2D eigenvalue weighted by Crippen LogP contribution is -2.13. The number of ether oxygens (including phenoxy) is 1. The Kier molecular flexibility index (Phi) is 7.24. The molecule has 0 fully saturated rings. The molecule has 0 atom stereocenters. The number of hydrogen-bond donors (Lipinski definition) is 2. The van der Waals surface area contributed by atoms with Crippen LogP contribution in [0.4, 0.5) is 11.4 Å². The first-order chi connectivity index (χ1) is 14.5. The van der Waals surface area contributed by atoms with Crippen LogP contribution in [0.25, 0.3) is 6.08 Å². The maximum absolute atomic E-state index is 12.5. The molecule has 0 aromatic heterocycles. The third kappa shape index (κ3) is 6.22. The summed E-state index contributed by atoms with van der Waals surface area (Å²) < 4.78 is 5.40. The van der Waals surface area contributed by atoms with Crippen molar-refractivity contribution >= 4 is 40.9 Å². The highest BCUT2D eigenvalue weighted by molar-refractivity contribution is 6.31. The summed E-state index contributed by atoms with van der Waals surface area (Å²) in [7, 11) is 0. The Hall–Kier alpha value is -3.57. The number of hydrogen-bond acceptors (Lipinski definition) is 3. The second-order valence-corrected chi connectivity index (χ2v) is 6.81. The Morgan fingerprint density at radius 3 is 2.33 bits per heavy atom. The zero-order valence-electron chi connectivity index (χ0n) is 16.4. The van der Waals surface area contributed by atoms with Gasteiger partial charge in [-0.05, 0) is 67.1 Å². The minimum Gasteiger partial charge on any atom is -0.494 e. The molecule has 3 aromatic carbocycles. The first kappa shape index (κ1) is 21.1. The van der Waals surface area contributed by atoms with Crippen molar-refractivity contribution in [3.05, 3.63) is 95.0 Å². The van der Waals surface area contributed by atoms with E-state index in [0.717, 1.165) is 11.3 Å². The van der Waals surface area contributed by atoms with E-state index >= 15 is 0 Å². The van der Waals surface area contributed by atoms with Crippen molar-refractivity contribution in [2.24, 2.45) is 0 Å². The lowest BCUT2D eigenvalue weighted by Gasteiger charge is -2.08. The van der Waals surface area contributed by atoms with Crippen molar-refractivity contribution in [2.45, 2.75) is 6.92 Å². The minimum absolute atomic E-state index is 0.293. The molecule has 0 aliphatic rings. The second-order valence-electron chi connectivity index (χ2n) is 6.37. The van der Waals surface area contributed by atoms with Gasteiger partial charge in [-0.25, -0.2) is 0 Å². The molecule has 0 unspecified atom stereocenters. The highest BCUT2D eigenvalue weighted by atomic mass is 35.5. The number of amides is 2. The number of carbonyl (C=O) groups is 2. The molecule has 0 spiro atoms. The summed E-state index contributed by atoms with van der Waals surface area (Å²) in [5.41, 5.74) is 2.42. The Morgan fingerprint density at radius 1 is 0.933 bits per heavy atom. The van der Waals surface area contributed by atoms with Crippen molar-refractivity contribution in [3.8, 4) is 5.75 Å². The molecule has 0 heterocycles. The SMILES string of the molecule is CCOc1ccc(/C=C/C(=O)Nc2cccc(C(=O)Nc3cccc(Cl)c3)c2)cc1. The van der Waals surface area contributed by atoms with Gasteiger partial charge < -0.3 is 15.4 Å². The molecule has 3 rings (SSSR count). The molecule has 152 valence electrons. The van der Waals surface area contributed by atoms with E-state index in [1.165, 1.54) is 6.08 Å². The normalized spacial score (nSPS) is 10.6. The molecule has 0 aliphatic carbocycles. The highest BCUT2D eigenvalue weighted by Gasteiger charge is 2.08. The monoisotopic (exact) mass is 420 g/mol. The summed E-state index contributed by atoms with van der Waals surface area (Å²) in [6, 6.07) is 21.1. The third-order valence-electron chi connectivity index (χ3n) is 4.09. The van der Waals surface area contributed by atoms with Crippen molar-refractivity contribution in [2.75, 3.05) is 17.2 Å². The van der Waals surface area contributed by atoms with Crippen LogP contribution >= 0.6 is 11.6 Å². The van der Waals surface area contributed by atoms with Crippen LogP contribution in [-0.4, -0.2) is 18.4 Å². The second kappa shape index (κ2) is 10.3. The average molecular weight is 421 g/mol. The zero-order chi connectivity index (χ0) is 21.3. The summed E-state index contributed by atoms with van der Waals surface area (Å²) in [5, 5.41) is 6.08. The lowest BCUT2D eigenvalue weighted by atomic mass is 10.1. The highest BCUT2D eigenvalue weighted by Crippen LogP contribution is 2.18. The van der Waals surface area contributed by atoms with Crippen molar-refractivity contribution in [1.29, 1.82) is 0 Å². The van der Waals surface area contributed by atoms with E-state index in [1.54, 1.807) is 54.6 Å². The Morgan fingerprint density at radius 2 is 1.63 bits per heavy atom. The largest absolute Gasteiger partial charge is 0.494 e. The molecule has 2 N–H and O–H groups in total. The first-order valence-electron chi connectivity index (χ1n) is 9.42. The fourth-order valence-corrected chi connectivity index (χ4v) is 2.90. The van der Waals surface area contributed by atoms with E-state index in [-0.39, 0.29) is 11.8 Å². The van der Waals surface area contributed by atoms with Gasteiger partial charge in [-0.3, -0.25) is 9.59 Å². The van der Waals surface area contributed by atoms with Crippen LogP contribution in [0.1, 0.15) is 22.8 Å². The van der Waals surface area contributed by atoms with E-state index in [4.69, 9.17) is 16.3 Å². The van der Waals surface area contributed by atoms with Gasteiger partial charge in [0, 0.05) is 28.0 Å². The van der Waals surface area contributed by atoms with E-state index in [1.807, 2.05) is 31.2 Å². The molecule has 0 radical (unpaired) electrons. The summed E-state index contributed by atoms with van der Waals surface area (Å²) in [6.07, 6.45) is 3.15. The molecule has 3 aromatic rings. The van der Waals surface area contributed by atoms with Crippen LogP contribution in [0, 0.1) is 0 Å². The fourth-order valence-electron chi connectivity index (χ4n) is 2.71. The van der Waals surface area contributed by atoms with Gasteiger partial charge in [-0.15, -0.1) is 0 Å². The van der Waals surface area contributed by atoms with Crippen molar-refractivity contribution in [1.82, 2.24) is 0 Å². The van der Waals surface area contributed by atoms with Gasteiger partial charge in [0.2, 0.25) is 5.91 Å². The van der Waals surface area contributed by atoms with Crippen LogP contribution in [-0.2, 0) is 4.79 Å². The van der Waals surface area contributed by atoms with Gasteiger partial charge in [0.05, 0.1) is 6.61 Å². The van der Waals surface area contributed by atoms with Crippen LogP contribution in [0.5, 0.6) is 5.75 Å². The third-order valence-corrected chi connectivity index (χ3v) is 4.33. The van der Waals surface area contributed by atoms with E-state index in [9.17, 15) is 9.59 Å². The molecule has 0 saturated heterocycles. The van der Waals surface area contributed by atoms with Gasteiger partial charge in [0.15, 0.2) is 0 Å². The number of carbonyl (C=O) groups excluding carboxylic acids is 2. The maximum atomic E-state index is 12.5. The first-order valence-corrected chi connectivity index (χ1v) is 9.80. The molecule has 30 heavy (non-hydrogen) atoms. The molecule has 0 bridgehead atoms. The quantitative estimate of drug-likeness (QED) is 0.486. The molecule has 2 amide bonds.